The molecule has 34 valence electrons. The fourth-order valence-electron chi connectivity index (χ4n) is 0.101. The Kier molecular flexibility index (Phi) is 2.67. The predicted octanol–water partition coefficient (Wildman–Crippen LogP) is 1.07. The molecule has 0 heterocycles. The first kappa shape index (κ1) is 5.63. The highest BCUT2D eigenvalue weighted by atomic mass is 32.1. The van der Waals surface area contributed by atoms with Crippen LogP contribution in [0.5, 0.6) is 0 Å². The topological polar surface area (TPSA) is 12.0 Å². The van der Waals surface area contributed by atoms with E-state index in [9.17, 15) is 0 Å². The molecule has 1 N–H and O–H groups in total. The summed E-state index contributed by atoms with van der Waals surface area (Å²) in [6, 6.07) is 0. The Morgan fingerprint density at radius 1 is 2.00 bits per heavy atom. The number of allylic oxidation sites excluding steroid dienone is 1. The van der Waals surface area contributed by atoms with E-state index < -0.39 is 0 Å². The first-order chi connectivity index (χ1) is 2.77. The van der Waals surface area contributed by atoms with Gasteiger partial charge < -0.3 is 5.32 Å². The highest BCUT2D eigenvalue weighted by molar-refractivity contribution is 7.78. The second-order valence-electron chi connectivity index (χ2n) is 1.04. The molecule has 0 unspecified atom stereocenters. The predicted molar refractivity (Wildman–Crippen MR) is 31.6 cm³/mol. The lowest BCUT2D eigenvalue weighted by atomic mass is 10.6. The molecule has 0 amide bonds. The minimum atomic E-state index is 0.880. The minimum Gasteiger partial charge on any atom is -0.357 e. The molecule has 0 fully saturated rings. The molecule has 0 aliphatic rings. The smallest absolute Gasteiger partial charge is 0.0656 e. The summed E-state index contributed by atoms with van der Waals surface area (Å²) in [6.45, 7) is 5.39. The van der Waals surface area contributed by atoms with Crippen LogP contribution in [0.15, 0.2) is 12.3 Å². The van der Waals surface area contributed by atoms with Gasteiger partial charge in [-0.05, 0) is 6.92 Å². The van der Waals surface area contributed by atoms with Crippen molar-refractivity contribution in [2.24, 2.45) is 0 Å². The molecule has 0 aliphatic heterocycles. The third-order valence-corrected chi connectivity index (χ3v) is 0.423. The fraction of sp³-hybridized carbons (Fsp3) is 0.250. The maximum absolute atomic E-state index is 4.43. The van der Waals surface area contributed by atoms with E-state index in [-0.39, 0.29) is 0 Å². The van der Waals surface area contributed by atoms with Gasteiger partial charge in [0.05, 0.1) is 5.49 Å². The first-order valence-electron chi connectivity index (χ1n) is 1.63. The zero-order chi connectivity index (χ0) is 4.99. The van der Waals surface area contributed by atoms with Gasteiger partial charge in [0, 0.05) is 5.70 Å². The fourth-order valence-corrected chi connectivity index (χ4v) is 0.302. The Morgan fingerprint density at radius 3 is 2.50 bits per heavy atom. The molecular weight excluding hydrogens is 94.1 g/mol. The van der Waals surface area contributed by atoms with Gasteiger partial charge in [-0.25, -0.2) is 0 Å². The van der Waals surface area contributed by atoms with Gasteiger partial charge in [-0.15, -0.1) is 0 Å². The van der Waals surface area contributed by atoms with Gasteiger partial charge in [0.1, 0.15) is 0 Å². The standard InChI is InChI=1S/C4H7NS/c1-4(2)5-3-6/h3H,1H2,2H3,(H,5,6). The summed E-state index contributed by atoms with van der Waals surface area (Å²) in [6.07, 6.45) is 0. The van der Waals surface area contributed by atoms with E-state index in [1.165, 1.54) is 5.49 Å². The van der Waals surface area contributed by atoms with E-state index in [4.69, 9.17) is 0 Å². The van der Waals surface area contributed by atoms with Crippen LogP contribution < -0.4 is 5.32 Å². The van der Waals surface area contributed by atoms with Crippen LogP contribution in [0.3, 0.4) is 0 Å². The van der Waals surface area contributed by atoms with Gasteiger partial charge in [-0.3, -0.25) is 0 Å². The summed E-state index contributed by atoms with van der Waals surface area (Å²) in [7, 11) is 0. The van der Waals surface area contributed by atoms with Crippen LogP contribution in [0, 0.1) is 0 Å². The summed E-state index contributed by atoms with van der Waals surface area (Å²) in [5.74, 6) is 0. The monoisotopic (exact) mass is 101 g/mol. The van der Waals surface area contributed by atoms with Crippen LogP contribution >= 0.6 is 12.2 Å². The molecule has 0 aromatic carbocycles. The zero-order valence-electron chi connectivity index (χ0n) is 3.69. The molecule has 0 aliphatic carbocycles. The van der Waals surface area contributed by atoms with Gasteiger partial charge in [0.15, 0.2) is 0 Å². The summed E-state index contributed by atoms with van der Waals surface area (Å²) in [5.41, 5.74) is 2.31. The Balaban J connectivity index is 3.05. The van der Waals surface area contributed by atoms with Crippen molar-refractivity contribution >= 4 is 17.7 Å². The van der Waals surface area contributed by atoms with Crippen molar-refractivity contribution < 1.29 is 0 Å². The Hall–Kier alpha value is -0.370. The van der Waals surface area contributed by atoms with Crippen LogP contribution in [-0.4, -0.2) is 5.49 Å². The molecule has 0 rings (SSSR count). The number of hydrogen-bond donors (Lipinski definition) is 1. The highest BCUT2D eigenvalue weighted by Gasteiger charge is 1.67. The second kappa shape index (κ2) is 2.85. The van der Waals surface area contributed by atoms with Crippen molar-refractivity contribution in [3.63, 3.8) is 0 Å². The minimum absolute atomic E-state index is 0.880. The van der Waals surface area contributed by atoms with E-state index in [1.54, 1.807) is 0 Å². The number of rotatable bonds is 2. The molecule has 6 heavy (non-hydrogen) atoms. The van der Waals surface area contributed by atoms with Crippen molar-refractivity contribution in [3.8, 4) is 0 Å². The lowest BCUT2D eigenvalue weighted by Crippen LogP contribution is -2.02. The molecule has 0 saturated heterocycles. The van der Waals surface area contributed by atoms with Gasteiger partial charge in [-0.2, -0.15) is 0 Å². The van der Waals surface area contributed by atoms with Crippen LogP contribution in [-0.2, 0) is 0 Å². The summed E-state index contributed by atoms with van der Waals surface area (Å²) >= 11 is 4.43. The molecule has 0 radical (unpaired) electrons. The summed E-state index contributed by atoms with van der Waals surface area (Å²) in [4.78, 5) is 0. The Labute approximate surface area is 43.1 Å². The molecule has 0 bridgehead atoms. The Bertz CT molecular complexity index is 67.9. The summed E-state index contributed by atoms with van der Waals surface area (Å²) in [5, 5.41) is 2.70. The van der Waals surface area contributed by atoms with E-state index in [0.29, 0.717) is 0 Å². The Morgan fingerprint density at radius 2 is 2.50 bits per heavy atom. The molecule has 0 spiro atoms. The largest absolute Gasteiger partial charge is 0.357 e. The van der Waals surface area contributed by atoms with Crippen molar-refractivity contribution in [3.05, 3.63) is 12.3 Å². The van der Waals surface area contributed by atoms with Crippen LogP contribution in [0.4, 0.5) is 0 Å². The average Bonchev–Trinajstić information content (AvgIpc) is 1.35. The van der Waals surface area contributed by atoms with Crippen molar-refractivity contribution in [1.82, 2.24) is 5.32 Å². The lowest BCUT2D eigenvalue weighted by Gasteiger charge is -1.88. The van der Waals surface area contributed by atoms with E-state index >= 15 is 0 Å². The van der Waals surface area contributed by atoms with Crippen molar-refractivity contribution in [2.45, 2.75) is 6.92 Å². The van der Waals surface area contributed by atoms with E-state index in [0.717, 1.165) is 5.70 Å². The van der Waals surface area contributed by atoms with Crippen LogP contribution in [0.25, 0.3) is 0 Å². The van der Waals surface area contributed by atoms with Gasteiger partial charge in [-0.1, -0.05) is 18.8 Å². The lowest BCUT2D eigenvalue weighted by molar-refractivity contribution is 1.18. The van der Waals surface area contributed by atoms with E-state index in [1.807, 2.05) is 6.92 Å². The number of nitrogens with one attached hydrogen (secondary N) is 1. The van der Waals surface area contributed by atoms with Gasteiger partial charge in [0.25, 0.3) is 0 Å². The molecule has 0 aromatic rings. The van der Waals surface area contributed by atoms with Crippen molar-refractivity contribution in [1.29, 1.82) is 0 Å². The molecular formula is C4H7NS. The van der Waals surface area contributed by atoms with Crippen molar-refractivity contribution in [2.75, 3.05) is 0 Å². The maximum atomic E-state index is 4.43. The third-order valence-electron chi connectivity index (χ3n) is 0.305. The highest BCUT2D eigenvalue weighted by Crippen LogP contribution is 1.70. The molecule has 0 aromatic heterocycles. The first-order valence-corrected chi connectivity index (χ1v) is 2.10. The number of hydrogen-bond acceptors (Lipinski definition) is 1. The molecule has 0 saturated carbocycles. The quantitative estimate of drug-likeness (QED) is 0.522. The molecule has 0 atom stereocenters. The van der Waals surface area contributed by atoms with E-state index in [2.05, 4.69) is 24.1 Å². The SMILES string of the molecule is C=C(C)NC=S. The van der Waals surface area contributed by atoms with Gasteiger partial charge >= 0.3 is 0 Å². The third kappa shape index (κ3) is 3.63. The maximum Gasteiger partial charge on any atom is 0.0656 e. The molecule has 2 heteroatoms. The van der Waals surface area contributed by atoms with Crippen LogP contribution in [0.2, 0.25) is 0 Å². The zero-order valence-corrected chi connectivity index (χ0v) is 4.51. The van der Waals surface area contributed by atoms with Gasteiger partial charge in [0.2, 0.25) is 0 Å². The summed E-state index contributed by atoms with van der Waals surface area (Å²) < 4.78 is 0. The average molecular weight is 101 g/mol. The second-order valence-corrected chi connectivity index (χ2v) is 1.28. The van der Waals surface area contributed by atoms with Crippen LogP contribution in [0.1, 0.15) is 6.92 Å². The number of thiocarbonyl (C=S) groups is 1. The normalized spacial score (nSPS) is 6.83. The molecule has 1 nitrogen and oxygen atoms in total.